The first-order chi connectivity index (χ1) is 9.25. The van der Waals surface area contributed by atoms with Crippen LogP contribution in [-0.4, -0.2) is 67.8 Å². The second-order valence-electron chi connectivity index (χ2n) is 4.34. The van der Waals surface area contributed by atoms with Gasteiger partial charge in [0.05, 0.1) is 5.69 Å². The summed E-state index contributed by atoms with van der Waals surface area (Å²) in [4.78, 5) is 4.09. The summed E-state index contributed by atoms with van der Waals surface area (Å²) in [5.74, 6) is 0. The Kier molecular flexibility index (Phi) is 4.09. The third-order valence-electron chi connectivity index (χ3n) is 3.08. The maximum atomic E-state index is 5.92. The molecule has 0 fully saturated rings. The number of pyridine rings is 1. The summed E-state index contributed by atoms with van der Waals surface area (Å²) in [7, 11) is 46.2. The highest BCUT2D eigenvalue weighted by Crippen LogP contribution is 2.06. The van der Waals surface area contributed by atoms with Gasteiger partial charge in [-0.2, -0.15) is 0 Å². The van der Waals surface area contributed by atoms with E-state index in [1.54, 1.807) is 0 Å². The normalized spacial score (nSPS) is 10.6. The number of nitrogens with zero attached hydrogens (tertiary/aromatic N) is 1. The van der Waals surface area contributed by atoms with Crippen molar-refractivity contribution in [1.29, 1.82) is 0 Å². The Morgan fingerprint density at radius 2 is 1.15 bits per heavy atom. The van der Waals surface area contributed by atoms with Crippen molar-refractivity contribution in [1.82, 2.24) is 4.98 Å². The van der Waals surface area contributed by atoms with Gasteiger partial charge in [-0.05, 0) is 11.2 Å². The van der Waals surface area contributed by atoms with Gasteiger partial charge < -0.3 is 0 Å². The van der Waals surface area contributed by atoms with Crippen LogP contribution in [-0.2, 0) is 0 Å². The smallest absolute Gasteiger partial charge is 0.140 e. The summed E-state index contributed by atoms with van der Waals surface area (Å²) in [6, 6.07) is 1.51. The second-order valence-corrected chi connectivity index (χ2v) is 4.34. The topological polar surface area (TPSA) is 12.9 Å². The van der Waals surface area contributed by atoms with Gasteiger partial charge in [0.1, 0.15) is 62.8 Å². The molecule has 16 radical (unpaired) electrons. The van der Waals surface area contributed by atoms with Crippen molar-refractivity contribution in [3.05, 3.63) is 6.07 Å². The zero-order chi connectivity index (χ0) is 15.2. The predicted molar refractivity (Wildman–Crippen MR) is 92.8 cm³/mol. The number of benzene rings is 1. The summed E-state index contributed by atoms with van der Waals surface area (Å²) in [5, 5.41) is 0. The zero-order valence-corrected chi connectivity index (χ0v) is 10.6. The van der Waals surface area contributed by atoms with E-state index in [1.165, 1.54) is 6.07 Å². The van der Waals surface area contributed by atoms with E-state index in [-0.39, 0.29) is 49.5 Å². The largest absolute Gasteiger partial charge is 0.266 e. The standard InChI is InChI=1S/C11HB8N/c12-3-1-2(4(13)6(15)5(3)14)10-8(17)7(16)9(18)11(19)20-10/h1H. The first kappa shape index (κ1) is 15.3. The minimum atomic E-state index is 0.0417. The first-order valence-electron chi connectivity index (χ1n) is 5.58. The average Bonchev–Trinajstić information content (AvgIpc) is 2.42. The molecule has 20 heavy (non-hydrogen) atoms. The molecule has 0 aliphatic carbocycles. The van der Waals surface area contributed by atoms with Crippen molar-refractivity contribution in [2.75, 3.05) is 0 Å². The van der Waals surface area contributed by atoms with Crippen LogP contribution in [0.1, 0.15) is 0 Å². The molecule has 0 aliphatic rings. The maximum absolute atomic E-state index is 5.92. The molecule has 0 saturated heterocycles. The zero-order valence-electron chi connectivity index (χ0n) is 10.6. The lowest BCUT2D eigenvalue weighted by atomic mass is 9.63. The third kappa shape index (κ3) is 2.32. The van der Waals surface area contributed by atoms with Crippen LogP contribution >= 0.6 is 0 Å². The van der Waals surface area contributed by atoms with Crippen LogP contribution in [0.2, 0.25) is 0 Å². The van der Waals surface area contributed by atoms with Crippen LogP contribution < -0.4 is 43.8 Å². The highest BCUT2D eigenvalue weighted by Gasteiger charge is 2.13. The Morgan fingerprint density at radius 3 is 1.75 bits per heavy atom. The molecule has 0 aliphatic heterocycles. The first-order valence-corrected chi connectivity index (χ1v) is 5.58. The van der Waals surface area contributed by atoms with Crippen molar-refractivity contribution in [2.45, 2.75) is 0 Å². The Hall–Kier alpha value is -1.11. The van der Waals surface area contributed by atoms with Crippen LogP contribution in [0.3, 0.4) is 0 Å². The summed E-state index contributed by atoms with van der Waals surface area (Å²) in [6.07, 6.45) is 0. The molecule has 0 spiro atoms. The predicted octanol–water partition coefficient (Wildman–Crippen LogP) is -6.90. The molecule has 74 valence electrons. The molecular formula is C11HB8N. The van der Waals surface area contributed by atoms with E-state index in [1.807, 2.05) is 0 Å². The fourth-order valence-electron chi connectivity index (χ4n) is 1.81. The Bertz CT molecular complexity index is 651. The molecule has 0 N–H and O–H groups in total. The lowest BCUT2D eigenvalue weighted by Crippen LogP contribution is -2.52. The van der Waals surface area contributed by atoms with Gasteiger partial charge in [-0.3, -0.25) is 4.98 Å². The lowest BCUT2D eigenvalue weighted by Gasteiger charge is -2.20. The fraction of sp³-hybridized carbons (Fsp3) is 0. The number of rotatable bonds is 1. The SMILES string of the molecule is [B]c1cc(-c2nc([B])c([B])c([B])c2[B])c([B])c([B])c1[B]. The molecule has 0 unspecified atom stereocenters. The molecule has 1 aromatic carbocycles. The quantitative estimate of drug-likeness (QED) is 0.447. The fourth-order valence-corrected chi connectivity index (χ4v) is 1.81. The van der Waals surface area contributed by atoms with E-state index < -0.39 is 0 Å². The molecule has 0 saturated carbocycles. The molecule has 1 aromatic heterocycles. The molecule has 1 nitrogen and oxygen atoms in total. The van der Waals surface area contributed by atoms with Crippen LogP contribution in [0.15, 0.2) is 6.07 Å². The van der Waals surface area contributed by atoms with Crippen molar-refractivity contribution in [3.8, 4) is 11.3 Å². The molecule has 0 amide bonds. The average molecular weight is 234 g/mol. The van der Waals surface area contributed by atoms with Crippen molar-refractivity contribution in [2.24, 2.45) is 0 Å². The summed E-state index contributed by atoms with van der Waals surface area (Å²) >= 11 is 0. The van der Waals surface area contributed by atoms with Crippen LogP contribution in [0.5, 0.6) is 0 Å². The monoisotopic (exact) mass is 235 g/mol. The summed E-state index contributed by atoms with van der Waals surface area (Å²) in [6.45, 7) is 0. The highest BCUT2D eigenvalue weighted by atomic mass is 14.7. The third-order valence-corrected chi connectivity index (χ3v) is 3.08. The molecular weight excluding hydrogens is 233 g/mol. The molecule has 0 bridgehead atoms. The minimum Gasteiger partial charge on any atom is -0.266 e. The Morgan fingerprint density at radius 1 is 0.600 bits per heavy atom. The van der Waals surface area contributed by atoms with Crippen molar-refractivity contribution in [3.63, 3.8) is 0 Å². The summed E-state index contributed by atoms with van der Waals surface area (Å²) < 4.78 is 0. The summed E-state index contributed by atoms with van der Waals surface area (Å²) in [5.41, 5.74) is 1.86. The van der Waals surface area contributed by atoms with Crippen LogP contribution in [0, 0.1) is 0 Å². The second kappa shape index (κ2) is 5.35. The number of hydrogen-bond acceptors (Lipinski definition) is 1. The van der Waals surface area contributed by atoms with Crippen molar-refractivity contribution < 1.29 is 0 Å². The highest BCUT2D eigenvalue weighted by molar-refractivity contribution is 6.65. The maximum Gasteiger partial charge on any atom is 0.140 e. The van der Waals surface area contributed by atoms with Gasteiger partial charge in [-0.1, -0.05) is 22.5 Å². The molecule has 2 aromatic rings. The van der Waals surface area contributed by atoms with Gasteiger partial charge in [0, 0.05) is 0 Å². The minimum absolute atomic E-state index is 0.0417. The Balaban J connectivity index is 2.83. The van der Waals surface area contributed by atoms with Gasteiger partial charge in [0.25, 0.3) is 0 Å². The lowest BCUT2D eigenvalue weighted by molar-refractivity contribution is 1.43. The van der Waals surface area contributed by atoms with Gasteiger partial charge in [-0.15, -0.1) is 21.9 Å². The van der Waals surface area contributed by atoms with E-state index >= 15 is 0 Å². The van der Waals surface area contributed by atoms with Gasteiger partial charge >= 0.3 is 0 Å². The van der Waals surface area contributed by atoms with Crippen LogP contribution in [0.4, 0.5) is 0 Å². The van der Waals surface area contributed by atoms with E-state index in [4.69, 9.17) is 62.8 Å². The number of hydrogen-bond donors (Lipinski definition) is 0. The Labute approximate surface area is 129 Å². The van der Waals surface area contributed by atoms with E-state index in [2.05, 4.69) is 4.98 Å². The van der Waals surface area contributed by atoms with Crippen molar-refractivity contribution >= 4 is 107 Å². The van der Waals surface area contributed by atoms with Gasteiger partial charge in [0.2, 0.25) is 0 Å². The van der Waals surface area contributed by atoms with Gasteiger partial charge in [0.15, 0.2) is 0 Å². The molecule has 9 heteroatoms. The molecule has 2 rings (SSSR count). The van der Waals surface area contributed by atoms with E-state index in [9.17, 15) is 0 Å². The molecule has 0 atom stereocenters. The van der Waals surface area contributed by atoms with Crippen LogP contribution in [0.25, 0.3) is 11.3 Å². The molecule has 1 heterocycles. The number of aromatic nitrogens is 1. The van der Waals surface area contributed by atoms with Gasteiger partial charge in [-0.25, -0.2) is 0 Å². The van der Waals surface area contributed by atoms with E-state index in [0.717, 1.165) is 0 Å². The van der Waals surface area contributed by atoms with E-state index in [0.29, 0.717) is 5.56 Å².